The smallest absolute Gasteiger partial charge is 0.424 e. The molecule has 2 aromatic rings. The third-order valence-corrected chi connectivity index (χ3v) is 5.50. The summed E-state index contributed by atoms with van der Waals surface area (Å²) in [5.41, 5.74) is -2.21. The Kier molecular flexibility index (Phi) is 7.17. The average Bonchev–Trinajstić information content (AvgIpc) is 3.20. The molecule has 8 nitrogen and oxygen atoms in total. The van der Waals surface area contributed by atoms with Crippen LogP contribution in [0.15, 0.2) is 36.7 Å². The number of anilines is 1. The van der Waals surface area contributed by atoms with E-state index >= 15 is 0 Å². The molecule has 2 N–H and O–H groups in total. The highest BCUT2D eigenvalue weighted by Gasteiger charge is 2.57. The normalized spacial score (nSPS) is 16.6. The number of alkyl halides is 3. The van der Waals surface area contributed by atoms with Crippen LogP contribution < -0.4 is 15.0 Å². The second kappa shape index (κ2) is 9.68. The monoisotopic (exact) mass is 455 g/mol. The lowest BCUT2D eigenvalue weighted by atomic mass is 9.97. The predicted octanol–water partition coefficient (Wildman–Crippen LogP) is 2.49. The molecule has 2 amide bonds. The highest BCUT2D eigenvalue weighted by molar-refractivity contribution is 5.74. The van der Waals surface area contributed by atoms with E-state index in [4.69, 9.17) is 4.74 Å². The van der Waals surface area contributed by atoms with Gasteiger partial charge in [-0.2, -0.15) is 13.2 Å². The Morgan fingerprint density at radius 3 is 2.50 bits per heavy atom. The van der Waals surface area contributed by atoms with Crippen molar-refractivity contribution >= 4 is 11.7 Å². The maximum Gasteiger partial charge on any atom is 0.424 e. The van der Waals surface area contributed by atoms with Crippen LogP contribution >= 0.6 is 0 Å². The number of aryl methyl sites for hydroxylation is 1. The second-order valence-corrected chi connectivity index (χ2v) is 7.58. The van der Waals surface area contributed by atoms with Gasteiger partial charge >= 0.3 is 12.2 Å². The molecule has 0 spiro atoms. The predicted molar refractivity (Wildman–Crippen MR) is 113 cm³/mol. The van der Waals surface area contributed by atoms with Crippen molar-refractivity contribution in [2.24, 2.45) is 7.05 Å². The number of hydrogen-bond acceptors (Lipinski definition) is 5. The van der Waals surface area contributed by atoms with Crippen LogP contribution in [0.2, 0.25) is 0 Å². The highest BCUT2D eigenvalue weighted by atomic mass is 19.4. The summed E-state index contributed by atoms with van der Waals surface area (Å²) in [4.78, 5) is 19.8. The first-order valence-electron chi connectivity index (χ1n) is 10.4. The molecule has 176 valence electrons. The first-order chi connectivity index (χ1) is 15.2. The quantitative estimate of drug-likeness (QED) is 0.671. The fraction of sp³-hybridized carbons (Fsp3) is 0.524. The number of aliphatic hydroxyl groups is 1. The van der Waals surface area contributed by atoms with E-state index in [1.165, 1.54) is 19.4 Å². The van der Waals surface area contributed by atoms with Crippen molar-refractivity contribution in [3.05, 3.63) is 42.5 Å². The van der Waals surface area contributed by atoms with Gasteiger partial charge < -0.3 is 29.5 Å². The summed E-state index contributed by atoms with van der Waals surface area (Å²) in [7, 11) is 1.38. The zero-order valence-electron chi connectivity index (χ0n) is 18.1. The fourth-order valence-corrected chi connectivity index (χ4v) is 3.75. The Morgan fingerprint density at radius 1 is 1.22 bits per heavy atom. The second-order valence-electron chi connectivity index (χ2n) is 7.58. The molecule has 0 radical (unpaired) electrons. The van der Waals surface area contributed by atoms with Gasteiger partial charge in [0.05, 0.1) is 12.3 Å². The van der Waals surface area contributed by atoms with Crippen molar-refractivity contribution in [3.8, 4) is 5.75 Å². The number of ether oxygens (including phenoxy) is 1. The van der Waals surface area contributed by atoms with E-state index in [0.29, 0.717) is 32.8 Å². The molecule has 1 atom stereocenters. The molecule has 2 heterocycles. The summed E-state index contributed by atoms with van der Waals surface area (Å²) >= 11 is 0. The van der Waals surface area contributed by atoms with Gasteiger partial charge in [0.15, 0.2) is 0 Å². The Bertz CT molecular complexity index is 912. The molecule has 1 aromatic carbocycles. The Labute approximate surface area is 184 Å². The molecular weight excluding hydrogens is 427 g/mol. The number of hydrogen-bond donors (Lipinski definition) is 2. The summed E-state index contributed by atoms with van der Waals surface area (Å²) in [5, 5.41) is 12.8. The summed E-state index contributed by atoms with van der Waals surface area (Å²) in [6.07, 6.45) is -3.16. The van der Waals surface area contributed by atoms with Crippen molar-refractivity contribution in [1.82, 2.24) is 19.8 Å². The molecule has 11 heteroatoms. The van der Waals surface area contributed by atoms with Crippen LogP contribution in [0.5, 0.6) is 5.75 Å². The number of halogens is 3. The molecule has 1 saturated heterocycles. The number of carbonyl (C=O) groups excluding carboxylic acids is 1. The van der Waals surface area contributed by atoms with Crippen molar-refractivity contribution in [2.45, 2.75) is 25.1 Å². The SMILES string of the molecule is CCOc1ccccc1N1CCN(C(=O)NCCC(O)(c2nccn2C)C(F)(F)F)CC1. The van der Waals surface area contributed by atoms with Crippen LogP contribution in [-0.2, 0) is 12.6 Å². The molecular formula is C21H28F3N5O3. The third kappa shape index (κ3) is 4.93. The molecule has 0 saturated carbocycles. The summed E-state index contributed by atoms with van der Waals surface area (Å²) in [5.74, 6) is 0.259. The number of piperazine rings is 1. The van der Waals surface area contributed by atoms with Gasteiger partial charge in [0.2, 0.25) is 5.60 Å². The highest BCUT2D eigenvalue weighted by Crippen LogP contribution is 2.40. The lowest BCUT2D eigenvalue weighted by Gasteiger charge is -2.37. The summed E-state index contributed by atoms with van der Waals surface area (Å²) < 4.78 is 47.5. The van der Waals surface area contributed by atoms with Gasteiger partial charge in [-0.3, -0.25) is 0 Å². The largest absolute Gasteiger partial charge is 0.492 e. The van der Waals surface area contributed by atoms with Crippen LogP contribution in [0, 0.1) is 0 Å². The number of nitrogens with one attached hydrogen (secondary N) is 1. The fourth-order valence-electron chi connectivity index (χ4n) is 3.75. The van der Waals surface area contributed by atoms with Gasteiger partial charge in [0, 0.05) is 58.6 Å². The lowest BCUT2D eigenvalue weighted by molar-refractivity contribution is -0.272. The van der Waals surface area contributed by atoms with E-state index < -0.39 is 30.1 Å². The average molecular weight is 455 g/mol. The first kappa shape index (κ1) is 23.7. The van der Waals surface area contributed by atoms with Gasteiger partial charge in [-0.15, -0.1) is 0 Å². The van der Waals surface area contributed by atoms with Crippen molar-refractivity contribution < 1.29 is 27.8 Å². The Hall–Kier alpha value is -2.95. The first-order valence-corrected chi connectivity index (χ1v) is 10.4. The molecule has 1 aliphatic heterocycles. The van der Waals surface area contributed by atoms with Crippen molar-refractivity contribution in [2.75, 3.05) is 44.2 Å². The molecule has 3 rings (SSSR count). The topological polar surface area (TPSA) is 82.9 Å². The minimum absolute atomic E-state index is 0.352. The number of amides is 2. The maximum atomic E-state index is 13.6. The zero-order chi connectivity index (χ0) is 23.4. The van der Waals surface area contributed by atoms with E-state index in [2.05, 4.69) is 15.2 Å². The van der Waals surface area contributed by atoms with E-state index in [-0.39, 0.29) is 6.54 Å². The van der Waals surface area contributed by atoms with Gasteiger partial charge in [-0.25, -0.2) is 9.78 Å². The van der Waals surface area contributed by atoms with Gasteiger partial charge in [0.25, 0.3) is 0 Å². The number of aromatic nitrogens is 2. The lowest BCUT2D eigenvalue weighted by Crippen LogP contribution is -2.53. The van der Waals surface area contributed by atoms with Gasteiger partial charge in [-0.1, -0.05) is 12.1 Å². The molecule has 32 heavy (non-hydrogen) atoms. The molecule has 1 fully saturated rings. The zero-order valence-corrected chi connectivity index (χ0v) is 18.1. The van der Waals surface area contributed by atoms with Crippen LogP contribution in [0.25, 0.3) is 0 Å². The van der Waals surface area contributed by atoms with E-state index in [1.54, 1.807) is 4.90 Å². The van der Waals surface area contributed by atoms with E-state index in [1.807, 2.05) is 31.2 Å². The van der Waals surface area contributed by atoms with Gasteiger partial charge in [-0.05, 0) is 19.1 Å². The Morgan fingerprint density at radius 2 is 1.91 bits per heavy atom. The number of carbonyl (C=O) groups is 1. The van der Waals surface area contributed by atoms with Crippen LogP contribution in [0.3, 0.4) is 0 Å². The maximum absolute atomic E-state index is 13.6. The number of rotatable bonds is 7. The molecule has 0 aliphatic carbocycles. The number of urea groups is 1. The molecule has 1 unspecified atom stereocenters. The van der Waals surface area contributed by atoms with E-state index in [9.17, 15) is 23.1 Å². The van der Waals surface area contributed by atoms with Gasteiger partial charge in [0.1, 0.15) is 11.6 Å². The minimum atomic E-state index is -4.93. The van der Waals surface area contributed by atoms with Crippen LogP contribution in [0.1, 0.15) is 19.2 Å². The molecule has 1 aromatic heterocycles. The minimum Gasteiger partial charge on any atom is -0.492 e. The molecule has 1 aliphatic rings. The van der Waals surface area contributed by atoms with Crippen LogP contribution in [-0.4, -0.2) is 71.1 Å². The molecule has 0 bridgehead atoms. The number of nitrogens with zero attached hydrogens (tertiary/aromatic N) is 4. The number of para-hydroxylation sites is 2. The third-order valence-electron chi connectivity index (χ3n) is 5.50. The van der Waals surface area contributed by atoms with E-state index in [0.717, 1.165) is 16.0 Å². The number of imidazole rings is 1. The summed E-state index contributed by atoms with van der Waals surface area (Å²) in [6, 6.07) is 7.19. The van der Waals surface area contributed by atoms with Crippen molar-refractivity contribution in [3.63, 3.8) is 0 Å². The Balaban J connectivity index is 1.55. The number of benzene rings is 1. The summed E-state index contributed by atoms with van der Waals surface area (Å²) in [6.45, 7) is 4.06. The van der Waals surface area contributed by atoms with Crippen LogP contribution in [0.4, 0.5) is 23.7 Å². The van der Waals surface area contributed by atoms with Crippen molar-refractivity contribution in [1.29, 1.82) is 0 Å². The standard InChI is InChI=1S/C21H28F3N5O3/c1-3-32-17-7-5-4-6-16(17)28-12-14-29(15-13-28)19(30)26-9-8-20(31,21(22,23)24)18-25-10-11-27(18)2/h4-7,10-11,31H,3,8-9,12-15H2,1-2H3,(H,26,30).